The number of hydrogen-bond acceptors (Lipinski definition) is 4. The summed E-state index contributed by atoms with van der Waals surface area (Å²) < 4.78 is 11.0. The van der Waals surface area contributed by atoms with Crippen LogP contribution in [0.3, 0.4) is 0 Å². The number of aromatic nitrogens is 1. The number of amides is 1. The van der Waals surface area contributed by atoms with E-state index in [-0.39, 0.29) is 12.0 Å². The Morgan fingerprint density at radius 1 is 1.39 bits per heavy atom. The number of hydrogen-bond donors (Lipinski definition) is 1. The molecule has 1 aromatic rings. The summed E-state index contributed by atoms with van der Waals surface area (Å²) in [5, 5.41) is 2.96. The van der Waals surface area contributed by atoms with Gasteiger partial charge in [0.05, 0.1) is 18.8 Å². The van der Waals surface area contributed by atoms with Gasteiger partial charge in [-0.15, -0.1) is 0 Å². The van der Waals surface area contributed by atoms with Gasteiger partial charge in [0.2, 0.25) is 5.88 Å². The van der Waals surface area contributed by atoms with E-state index < -0.39 is 0 Å². The van der Waals surface area contributed by atoms with E-state index in [0.29, 0.717) is 24.6 Å². The van der Waals surface area contributed by atoms with Gasteiger partial charge in [-0.3, -0.25) is 4.79 Å². The van der Waals surface area contributed by atoms with E-state index in [1.165, 1.54) is 31.3 Å². The molecule has 1 atom stereocenters. The summed E-state index contributed by atoms with van der Waals surface area (Å²) in [6, 6.07) is 3.50. The summed E-state index contributed by atoms with van der Waals surface area (Å²) in [5.41, 5.74) is 2.04. The summed E-state index contributed by atoms with van der Waals surface area (Å²) in [7, 11) is 0. The van der Waals surface area contributed by atoms with Gasteiger partial charge >= 0.3 is 0 Å². The monoisotopic (exact) mass is 316 g/mol. The molecule has 2 heterocycles. The van der Waals surface area contributed by atoms with E-state index in [1.807, 2.05) is 0 Å². The van der Waals surface area contributed by atoms with Crippen LogP contribution in [-0.4, -0.2) is 36.8 Å². The number of ether oxygens (including phenoxy) is 2. The Hall–Kier alpha value is -1.88. The van der Waals surface area contributed by atoms with Crippen molar-refractivity contribution in [1.29, 1.82) is 0 Å². The predicted molar refractivity (Wildman–Crippen MR) is 87.6 cm³/mol. The van der Waals surface area contributed by atoms with E-state index in [4.69, 9.17) is 9.47 Å². The molecular formula is C18H24N2O3. The van der Waals surface area contributed by atoms with Crippen LogP contribution in [0.25, 0.3) is 0 Å². The minimum Gasteiger partial charge on any atom is -0.472 e. The van der Waals surface area contributed by atoms with Crippen molar-refractivity contribution in [3.05, 3.63) is 35.5 Å². The Morgan fingerprint density at radius 2 is 2.35 bits per heavy atom. The molecule has 1 N–H and O–H groups in total. The highest BCUT2D eigenvalue weighted by Crippen LogP contribution is 2.19. The first-order chi connectivity index (χ1) is 11.3. The van der Waals surface area contributed by atoms with E-state index in [9.17, 15) is 4.79 Å². The van der Waals surface area contributed by atoms with Crippen LogP contribution >= 0.6 is 0 Å². The van der Waals surface area contributed by atoms with Gasteiger partial charge in [-0.2, -0.15) is 0 Å². The standard InChI is InChI=1S/C18H24N2O3/c21-18(19-10-8-14-4-2-1-3-5-14)15-6-7-17(20-12-15)23-16-9-11-22-13-16/h4,6-7,12,16H,1-3,5,8-11,13H2,(H,19,21)/t16-/m1/s1. The molecule has 3 rings (SSSR count). The summed E-state index contributed by atoms with van der Waals surface area (Å²) in [6.45, 7) is 2.03. The fraction of sp³-hybridized carbons (Fsp3) is 0.556. The number of nitrogens with zero attached hydrogens (tertiary/aromatic N) is 1. The SMILES string of the molecule is O=C(NCCC1=CCCCC1)c1ccc(O[C@@H]2CCOC2)nc1. The van der Waals surface area contributed by atoms with Crippen molar-refractivity contribution in [2.75, 3.05) is 19.8 Å². The zero-order chi connectivity index (χ0) is 15.9. The average molecular weight is 316 g/mol. The first-order valence-electron chi connectivity index (χ1n) is 8.48. The van der Waals surface area contributed by atoms with E-state index in [2.05, 4.69) is 16.4 Å². The Labute approximate surface area is 137 Å². The maximum atomic E-state index is 12.1. The second-order valence-electron chi connectivity index (χ2n) is 6.10. The van der Waals surface area contributed by atoms with Gasteiger partial charge in [-0.25, -0.2) is 4.98 Å². The zero-order valence-corrected chi connectivity index (χ0v) is 13.4. The quantitative estimate of drug-likeness (QED) is 0.820. The smallest absolute Gasteiger partial charge is 0.252 e. The van der Waals surface area contributed by atoms with E-state index in [1.54, 1.807) is 18.3 Å². The minimum absolute atomic E-state index is 0.0749. The Bertz CT molecular complexity index is 548. The predicted octanol–water partition coefficient (Wildman–Crippen LogP) is 2.87. The molecular weight excluding hydrogens is 292 g/mol. The van der Waals surface area contributed by atoms with Crippen LogP contribution in [0.15, 0.2) is 30.0 Å². The van der Waals surface area contributed by atoms with Crippen LogP contribution in [0.2, 0.25) is 0 Å². The largest absolute Gasteiger partial charge is 0.472 e. The summed E-state index contributed by atoms with van der Waals surface area (Å²) in [5.74, 6) is 0.467. The van der Waals surface area contributed by atoms with Gasteiger partial charge in [0.1, 0.15) is 6.10 Å². The third-order valence-corrected chi connectivity index (χ3v) is 4.29. The van der Waals surface area contributed by atoms with Crippen molar-refractivity contribution in [3.63, 3.8) is 0 Å². The van der Waals surface area contributed by atoms with Gasteiger partial charge < -0.3 is 14.8 Å². The van der Waals surface area contributed by atoms with Crippen molar-refractivity contribution < 1.29 is 14.3 Å². The average Bonchev–Trinajstić information content (AvgIpc) is 3.09. The second-order valence-corrected chi connectivity index (χ2v) is 6.10. The second kappa shape index (κ2) is 8.11. The molecule has 1 aromatic heterocycles. The molecule has 5 heteroatoms. The van der Waals surface area contributed by atoms with Crippen LogP contribution in [0.5, 0.6) is 5.88 Å². The lowest BCUT2D eigenvalue weighted by atomic mass is 9.97. The number of nitrogens with one attached hydrogen (secondary N) is 1. The molecule has 2 aliphatic rings. The van der Waals surface area contributed by atoms with Crippen molar-refractivity contribution in [3.8, 4) is 5.88 Å². The number of carbonyl (C=O) groups is 1. The number of carbonyl (C=O) groups excluding carboxylic acids is 1. The fourth-order valence-corrected chi connectivity index (χ4v) is 2.93. The first-order valence-corrected chi connectivity index (χ1v) is 8.48. The van der Waals surface area contributed by atoms with E-state index >= 15 is 0 Å². The van der Waals surface area contributed by atoms with Gasteiger partial charge in [-0.1, -0.05) is 11.6 Å². The normalized spacial score (nSPS) is 20.9. The molecule has 0 bridgehead atoms. The third kappa shape index (κ3) is 4.79. The molecule has 5 nitrogen and oxygen atoms in total. The molecule has 124 valence electrons. The molecule has 0 unspecified atom stereocenters. The van der Waals surface area contributed by atoms with Crippen LogP contribution in [0.4, 0.5) is 0 Å². The zero-order valence-electron chi connectivity index (χ0n) is 13.4. The molecule has 23 heavy (non-hydrogen) atoms. The van der Waals surface area contributed by atoms with Gasteiger partial charge in [-0.05, 0) is 38.2 Å². The van der Waals surface area contributed by atoms with Gasteiger partial charge in [0, 0.05) is 25.2 Å². The maximum absolute atomic E-state index is 12.1. The van der Waals surface area contributed by atoms with Crippen LogP contribution in [0, 0.1) is 0 Å². The molecule has 0 aromatic carbocycles. The number of allylic oxidation sites excluding steroid dienone is 1. The third-order valence-electron chi connectivity index (χ3n) is 4.29. The minimum atomic E-state index is -0.0790. The molecule has 0 saturated carbocycles. The molecule has 1 amide bonds. The lowest BCUT2D eigenvalue weighted by Gasteiger charge is -2.13. The Morgan fingerprint density at radius 3 is 3.04 bits per heavy atom. The molecule has 0 spiro atoms. The van der Waals surface area contributed by atoms with Gasteiger partial charge in [0.15, 0.2) is 0 Å². The molecule has 0 radical (unpaired) electrons. The summed E-state index contributed by atoms with van der Waals surface area (Å²) in [6.07, 6.45) is 10.7. The van der Waals surface area contributed by atoms with Crippen LogP contribution in [0.1, 0.15) is 48.9 Å². The Kier molecular flexibility index (Phi) is 5.64. The number of pyridine rings is 1. The first kappa shape index (κ1) is 16.0. The van der Waals surface area contributed by atoms with Crippen molar-refractivity contribution >= 4 is 5.91 Å². The molecule has 1 aliphatic carbocycles. The summed E-state index contributed by atoms with van der Waals surface area (Å²) >= 11 is 0. The van der Waals surface area contributed by atoms with Gasteiger partial charge in [0.25, 0.3) is 5.91 Å². The molecule has 1 aliphatic heterocycles. The highest BCUT2D eigenvalue weighted by molar-refractivity contribution is 5.93. The summed E-state index contributed by atoms with van der Waals surface area (Å²) in [4.78, 5) is 16.3. The van der Waals surface area contributed by atoms with Crippen LogP contribution < -0.4 is 10.1 Å². The lowest BCUT2D eigenvalue weighted by Crippen LogP contribution is -2.25. The molecule has 1 fully saturated rings. The maximum Gasteiger partial charge on any atom is 0.252 e. The van der Waals surface area contributed by atoms with Crippen LogP contribution in [-0.2, 0) is 4.74 Å². The highest BCUT2D eigenvalue weighted by Gasteiger charge is 2.17. The van der Waals surface area contributed by atoms with Crippen molar-refractivity contribution in [2.24, 2.45) is 0 Å². The lowest BCUT2D eigenvalue weighted by molar-refractivity contribution is 0.0953. The fourth-order valence-electron chi connectivity index (χ4n) is 2.93. The topological polar surface area (TPSA) is 60.5 Å². The highest BCUT2D eigenvalue weighted by atomic mass is 16.5. The van der Waals surface area contributed by atoms with E-state index in [0.717, 1.165) is 19.4 Å². The Balaban J connectivity index is 1.44. The van der Waals surface area contributed by atoms with Crippen molar-refractivity contribution in [2.45, 2.75) is 44.6 Å². The molecule has 1 saturated heterocycles. The number of rotatable bonds is 6. The van der Waals surface area contributed by atoms with Crippen molar-refractivity contribution in [1.82, 2.24) is 10.3 Å².